The minimum atomic E-state index is 1.10. The summed E-state index contributed by atoms with van der Waals surface area (Å²) in [6, 6.07) is 13.3. The van der Waals surface area contributed by atoms with Crippen molar-refractivity contribution in [3.8, 4) is 0 Å². The van der Waals surface area contributed by atoms with E-state index in [4.69, 9.17) is 0 Å². The van der Waals surface area contributed by atoms with E-state index >= 15 is 0 Å². The van der Waals surface area contributed by atoms with Crippen LogP contribution >= 0.6 is 23.5 Å². The van der Waals surface area contributed by atoms with Gasteiger partial charge in [-0.3, -0.25) is 0 Å². The average Bonchev–Trinajstić information content (AvgIpc) is 2.30. The summed E-state index contributed by atoms with van der Waals surface area (Å²) < 4.78 is 0. The topological polar surface area (TPSA) is 0 Å². The Hall–Kier alpha value is -0.600. The molecule has 0 atom stereocenters. The molecule has 16 heavy (non-hydrogen) atoms. The van der Waals surface area contributed by atoms with Gasteiger partial charge in [0.1, 0.15) is 0 Å². The molecule has 84 valence electrons. The molecule has 0 saturated carbocycles. The molecule has 2 aromatic rings. The summed E-state index contributed by atoms with van der Waals surface area (Å²) in [5.74, 6) is 2.20. The Morgan fingerprint density at radius 2 is 1.31 bits per heavy atom. The largest absolute Gasteiger partial charge is 0.161 e. The third kappa shape index (κ3) is 2.38. The van der Waals surface area contributed by atoms with Crippen LogP contribution in [0.4, 0.5) is 0 Å². The summed E-state index contributed by atoms with van der Waals surface area (Å²) >= 11 is 3.78. The number of benzene rings is 2. The zero-order valence-corrected chi connectivity index (χ0v) is 11.3. The molecule has 2 rings (SSSR count). The van der Waals surface area contributed by atoms with Crippen LogP contribution in [0.15, 0.2) is 36.4 Å². The second-order valence-electron chi connectivity index (χ2n) is 3.80. The van der Waals surface area contributed by atoms with Crippen LogP contribution in [0.1, 0.15) is 11.1 Å². The molecule has 0 N–H and O–H groups in total. The minimum absolute atomic E-state index is 1.10. The fourth-order valence-electron chi connectivity index (χ4n) is 2.05. The summed E-state index contributed by atoms with van der Waals surface area (Å²) in [6.45, 7) is 0. The number of hydrogen-bond acceptors (Lipinski definition) is 2. The van der Waals surface area contributed by atoms with Crippen LogP contribution in [0.2, 0.25) is 0 Å². The molecule has 0 aliphatic carbocycles. The third-order valence-electron chi connectivity index (χ3n) is 2.68. The second-order valence-corrected chi connectivity index (χ2v) is 5.53. The summed E-state index contributed by atoms with van der Waals surface area (Å²) in [4.78, 5) is 0. The lowest BCUT2D eigenvalue weighted by Gasteiger charge is -2.10. The minimum Gasteiger partial charge on any atom is -0.161 e. The van der Waals surface area contributed by atoms with Crippen molar-refractivity contribution in [3.63, 3.8) is 0 Å². The molecule has 0 saturated heterocycles. The van der Waals surface area contributed by atoms with Gasteiger partial charge in [-0.05, 0) is 34.4 Å². The first kappa shape index (κ1) is 11.9. The van der Waals surface area contributed by atoms with E-state index in [-0.39, 0.29) is 0 Å². The van der Waals surface area contributed by atoms with E-state index in [0.717, 1.165) is 11.5 Å². The first-order valence-electron chi connectivity index (χ1n) is 5.34. The van der Waals surface area contributed by atoms with Gasteiger partial charge in [-0.15, -0.1) is 0 Å². The highest BCUT2D eigenvalue weighted by Crippen LogP contribution is 2.27. The molecule has 0 aliphatic heterocycles. The Kier molecular flexibility index (Phi) is 4.19. The Balaban J connectivity index is 2.61. The van der Waals surface area contributed by atoms with Gasteiger partial charge in [0, 0.05) is 11.5 Å². The highest BCUT2D eigenvalue weighted by atomic mass is 32.2. The van der Waals surface area contributed by atoms with Gasteiger partial charge in [0.15, 0.2) is 0 Å². The molecule has 2 heteroatoms. The fraction of sp³-hybridized carbons (Fsp3) is 0.286. The second kappa shape index (κ2) is 5.65. The van der Waals surface area contributed by atoms with Crippen molar-refractivity contribution in [2.75, 3.05) is 12.5 Å². The summed E-state index contributed by atoms with van der Waals surface area (Å²) in [7, 11) is 0. The highest BCUT2D eigenvalue weighted by molar-refractivity contribution is 7.98. The number of hydrogen-bond donors (Lipinski definition) is 0. The summed E-state index contributed by atoms with van der Waals surface area (Å²) in [5, 5.41) is 2.84. The van der Waals surface area contributed by atoms with Crippen LogP contribution in [0.25, 0.3) is 10.8 Å². The normalized spacial score (nSPS) is 10.9. The molecule has 0 unspecified atom stereocenters. The van der Waals surface area contributed by atoms with Crippen LogP contribution in [0.3, 0.4) is 0 Å². The van der Waals surface area contributed by atoms with Gasteiger partial charge in [-0.2, -0.15) is 23.5 Å². The monoisotopic (exact) mass is 248 g/mol. The van der Waals surface area contributed by atoms with E-state index in [1.54, 1.807) is 0 Å². The van der Waals surface area contributed by atoms with Crippen LogP contribution in [-0.2, 0) is 11.5 Å². The van der Waals surface area contributed by atoms with E-state index in [1.807, 2.05) is 23.5 Å². The fourth-order valence-corrected chi connectivity index (χ4v) is 3.16. The predicted molar refractivity (Wildman–Crippen MR) is 78.4 cm³/mol. The molecule has 0 bridgehead atoms. The van der Waals surface area contributed by atoms with Crippen LogP contribution in [0.5, 0.6) is 0 Å². The summed E-state index contributed by atoms with van der Waals surface area (Å²) in [6.07, 6.45) is 4.33. The van der Waals surface area contributed by atoms with Crippen LogP contribution < -0.4 is 0 Å². The van der Waals surface area contributed by atoms with Gasteiger partial charge < -0.3 is 0 Å². The zero-order chi connectivity index (χ0) is 11.4. The molecule has 0 radical (unpaired) electrons. The van der Waals surface area contributed by atoms with E-state index in [0.29, 0.717) is 0 Å². The van der Waals surface area contributed by atoms with Gasteiger partial charge in [0.2, 0.25) is 0 Å². The van der Waals surface area contributed by atoms with E-state index in [9.17, 15) is 0 Å². The van der Waals surface area contributed by atoms with Crippen molar-refractivity contribution < 1.29 is 0 Å². The summed E-state index contributed by atoms with van der Waals surface area (Å²) in [5.41, 5.74) is 2.93. The van der Waals surface area contributed by atoms with Gasteiger partial charge in [-0.25, -0.2) is 0 Å². The van der Waals surface area contributed by atoms with Gasteiger partial charge in [-0.1, -0.05) is 36.4 Å². The van der Waals surface area contributed by atoms with Gasteiger partial charge >= 0.3 is 0 Å². The predicted octanol–water partition coefficient (Wildman–Crippen LogP) is 4.57. The van der Waals surface area contributed by atoms with Crippen LogP contribution in [-0.4, -0.2) is 12.5 Å². The average molecular weight is 248 g/mol. The third-order valence-corrected chi connectivity index (χ3v) is 3.88. The van der Waals surface area contributed by atoms with Crippen molar-refractivity contribution in [2.24, 2.45) is 0 Å². The van der Waals surface area contributed by atoms with Crippen molar-refractivity contribution in [1.29, 1.82) is 0 Å². The number of thioether (sulfide) groups is 2. The molecule has 0 fully saturated rings. The molecule has 0 spiro atoms. The number of rotatable bonds is 4. The van der Waals surface area contributed by atoms with Crippen molar-refractivity contribution in [1.82, 2.24) is 0 Å². The highest BCUT2D eigenvalue weighted by Gasteiger charge is 2.05. The molecule has 0 aliphatic rings. The molecule has 0 nitrogen and oxygen atoms in total. The molecular formula is C14H16S2. The Bertz CT molecular complexity index is 436. The van der Waals surface area contributed by atoms with E-state index in [1.165, 1.54) is 21.9 Å². The molecule has 2 aromatic carbocycles. The zero-order valence-electron chi connectivity index (χ0n) is 9.69. The van der Waals surface area contributed by atoms with Gasteiger partial charge in [0.05, 0.1) is 0 Å². The van der Waals surface area contributed by atoms with Gasteiger partial charge in [0.25, 0.3) is 0 Å². The lowest BCUT2D eigenvalue weighted by molar-refractivity contribution is 1.40. The first-order chi connectivity index (χ1) is 7.86. The SMILES string of the molecule is CSCc1cccc2cccc(CSC)c12. The maximum atomic E-state index is 2.25. The lowest BCUT2D eigenvalue weighted by Crippen LogP contribution is -1.89. The van der Waals surface area contributed by atoms with E-state index < -0.39 is 0 Å². The Labute approximate surface area is 106 Å². The molecule has 0 amide bonds. The Morgan fingerprint density at radius 1 is 0.812 bits per heavy atom. The standard InChI is InChI=1S/C14H16S2/c1-15-9-12-7-3-5-11-6-4-8-13(10-16-2)14(11)12/h3-8H,9-10H2,1-2H3. The first-order valence-corrected chi connectivity index (χ1v) is 8.13. The Morgan fingerprint density at radius 3 is 1.75 bits per heavy atom. The smallest absolute Gasteiger partial charge is 0.0188 e. The maximum absolute atomic E-state index is 2.25. The lowest BCUT2D eigenvalue weighted by atomic mass is 10.0. The molecule has 0 heterocycles. The van der Waals surface area contributed by atoms with Crippen molar-refractivity contribution >= 4 is 34.3 Å². The van der Waals surface area contributed by atoms with Crippen molar-refractivity contribution in [2.45, 2.75) is 11.5 Å². The van der Waals surface area contributed by atoms with Crippen LogP contribution in [0, 0.1) is 0 Å². The number of fused-ring (bicyclic) bond motifs is 1. The van der Waals surface area contributed by atoms with Crippen molar-refractivity contribution in [3.05, 3.63) is 47.5 Å². The molecular weight excluding hydrogens is 232 g/mol. The maximum Gasteiger partial charge on any atom is 0.0188 e. The molecule has 0 aromatic heterocycles. The quantitative estimate of drug-likeness (QED) is 0.777. The van der Waals surface area contributed by atoms with E-state index in [2.05, 4.69) is 48.9 Å².